The Bertz CT molecular complexity index is 1100. The molecule has 0 saturated heterocycles. The maximum atomic E-state index is 13.6. The number of benzene rings is 2. The van der Waals surface area contributed by atoms with E-state index in [9.17, 15) is 4.79 Å². The molecule has 0 amide bonds. The fourth-order valence-electron chi connectivity index (χ4n) is 5.56. The van der Waals surface area contributed by atoms with Crippen LogP contribution in [0.5, 0.6) is 5.75 Å². The van der Waals surface area contributed by atoms with Gasteiger partial charge in [0.1, 0.15) is 23.7 Å². The summed E-state index contributed by atoms with van der Waals surface area (Å²) in [5.74, 6) is 1.82. The summed E-state index contributed by atoms with van der Waals surface area (Å²) in [6.07, 6.45) is 5.57. The second-order valence-corrected chi connectivity index (χ2v) is 8.86. The fraction of sp³-hybridized carbons (Fsp3) is 0.444. The van der Waals surface area contributed by atoms with Gasteiger partial charge in [-0.05, 0) is 55.8 Å². The number of carbonyl (C=O) groups is 1. The maximum absolute atomic E-state index is 13.6. The van der Waals surface area contributed by atoms with E-state index in [1.54, 1.807) is 0 Å². The smallest absolute Gasteiger partial charge is 0.197 e. The van der Waals surface area contributed by atoms with Crippen molar-refractivity contribution in [2.45, 2.75) is 51.4 Å². The maximum Gasteiger partial charge on any atom is 0.197 e. The summed E-state index contributed by atoms with van der Waals surface area (Å²) < 4.78 is 12.6. The molecular weight excluding hydrogens is 386 g/mol. The molecule has 2 aromatic carbocycles. The predicted molar refractivity (Wildman–Crippen MR) is 123 cm³/mol. The topological polar surface area (TPSA) is 42.7 Å². The summed E-state index contributed by atoms with van der Waals surface area (Å²) in [6, 6.07) is 14.0. The Morgan fingerprint density at radius 2 is 1.81 bits per heavy atom. The number of ether oxygens (including phenoxy) is 1. The van der Waals surface area contributed by atoms with Crippen LogP contribution < -0.4 is 4.74 Å². The number of furan rings is 1. The number of fused-ring (bicyclic) bond motifs is 6. The van der Waals surface area contributed by atoms with Crippen LogP contribution in [0.4, 0.5) is 0 Å². The molecule has 2 aliphatic carbocycles. The largest absolute Gasteiger partial charge is 0.492 e. The van der Waals surface area contributed by atoms with E-state index in [0.29, 0.717) is 6.61 Å². The highest BCUT2D eigenvalue weighted by Gasteiger charge is 2.48. The van der Waals surface area contributed by atoms with E-state index < -0.39 is 0 Å². The van der Waals surface area contributed by atoms with Gasteiger partial charge in [-0.1, -0.05) is 51.3 Å². The van der Waals surface area contributed by atoms with Crippen LogP contribution in [0.2, 0.25) is 0 Å². The zero-order chi connectivity index (χ0) is 21.4. The Morgan fingerprint density at radius 1 is 1.03 bits per heavy atom. The van der Waals surface area contributed by atoms with Crippen molar-refractivity contribution in [1.29, 1.82) is 0 Å². The molecule has 0 radical (unpaired) electrons. The first-order chi connectivity index (χ1) is 15.2. The average molecular weight is 418 g/mol. The molecule has 5 rings (SSSR count). The predicted octanol–water partition coefficient (Wildman–Crippen LogP) is 5.95. The molecule has 0 atom stereocenters. The van der Waals surface area contributed by atoms with E-state index in [0.717, 1.165) is 84.5 Å². The number of hydrogen-bond donors (Lipinski definition) is 0. The van der Waals surface area contributed by atoms with Crippen LogP contribution in [0.1, 0.15) is 73.2 Å². The molecule has 1 heterocycles. The summed E-state index contributed by atoms with van der Waals surface area (Å²) in [4.78, 5) is 15.9. The lowest BCUT2D eigenvalue weighted by Crippen LogP contribution is -2.37. The number of para-hydroxylation sites is 1. The number of likely N-dealkylation sites (N-methyl/N-ethyl adjacent to an activating group) is 1. The molecule has 0 N–H and O–H groups in total. The molecule has 1 fully saturated rings. The minimum absolute atomic E-state index is 0.0841. The van der Waals surface area contributed by atoms with Crippen molar-refractivity contribution >= 4 is 16.8 Å². The molecule has 1 spiro atoms. The molecule has 0 bridgehead atoms. The molecule has 3 aromatic rings. The Balaban J connectivity index is 1.57. The van der Waals surface area contributed by atoms with Gasteiger partial charge in [-0.2, -0.15) is 0 Å². The van der Waals surface area contributed by atoms with Gasteiger partial charge in [0.2, 0.25) is 0 Å². The number of carbonyl (C=O) groups excluding carboxylic acids is 1. The summed E-state index contributed by atoms with van der Waals surface area (Å²) in [5, 5.41) is 0.942. The molecule has 162 valence electrons. The van der Waals surface area contributed by atoms with Gasteiger partial charge in [-0.15, -0.1) is 0 Å². The molecular formula is C27H31NO3. The van der Waals surface area contributed by atoms with Crippen LogP contribution in [-0.4, -0.2) is 36.9 Å². The van der Waals surface area contributed by atoms with E-state index >= 15 is 0 Å². The van der Waals surface area contributed by atoms with Gasteiger partial charge in [-0.25, -0.2) is 0 Å². The first-order valence-electron chi connectivity index (χ1n) is 11.7. The van der Waals surface area contributed by atoms with Crippen molar-refractivity contribution in [3.8, 4) is 5.75 Å². The summed E-state index contributed by atoms with van der Waals surface area (Å²) in [6.45, 7) is 7.95. The summed E-state index contributed by atoms with van der Waals surface area (Å²) >= 11 is 0. The molecule has 0 aliphatic heterocycles. The van der Waals surface area contributed by atoms with Crippen LogP contribution in [0.25, 0.3) is 11.0 Å². The van der Waals surface area contributed by atoms with Gasteiger partial charge in [0.15, 0.2) is 5.78 Å². The van der Waals surface area contributed by atoms with E-state index in [1.807, 2.05) is 36.4 Å². The fourth-order valence-corrected chi connectivity index (χ4v) is 5.56. The van der Waals surface area contributed by atoms with Gasteiger partial charge < -0.3 is 14.1 Å². The van der Waals surface area contributed by atoms with Gasteiger partial charge in [0, 0.05) is 17.5 Å². The number of nitrogens with zero attached hydrogens (tertiary/aromatic N) is 1. The van der Waals surface area contributed by atoms with Crippen LogP contribution >= 0.6 is 0 Å². The van der Waals surface area contributed by atoms with E-state index in [2.05, 4.69) is 24.8 Å². The Labute approximate surface area is 184 Å². The normalized spacial score (nSPS) is 17.2. The molecule has 4 nitrogen and oxygen atoms in total. The highest BCUT2D eigenvalue weighted by Crippen LogP contribution is 2.53. The quantitative estimate of drug-likeness (QED) is 0.497. The third-order valence-electron chi connectivity index (χ3n) is 7.29. The first-order valence-corrected chi connectivity index (χ1v) is 11.7. The lowest BCUT2D eigenvalue weighted by molar-refractivity contribution is 0.102. The minimum atomic E-state index is -0.228. The van der Waals surface area contributed by atoms with Crippen molar-refractivity contribution < 1.29 is 13.9 Å². The zero-order valence-electron chi connectivity index (χ0n) is 18.6. The van der Waals surface area contributed by atoms with Crippen molar-refractivity contribution in [1.82, 2.24) is 4.90 Å². The van der Waals surface area contributed by atoms with Crippen molar-refractivity contribution in [3.05, 3.63) is 64.9 Å². The number of hydrogen-bond acceptors (Lipinski definition) is 4. The second-order valence-electron chi connectivity index (χ2n) is 8.86. The number of ketones is 1. The van der Waals surface area contributed by atoms with Crippen LogP contribution in [0, 0.1) is 0 Å². The first kappa shape index (κ1) is 20.3. The highest BCUT2D eigenvalue weighted by atomic mass is 16.5. The van der Waals surface area contributed by atoms with Gasteiger partial charge in [-0.3, -0.25) is 4.79 Å². The van der Waals surface area contributed by atoms with Crippen LogP contribution in [-0.2, 0) is 5.41 Å². The van der Waals surface area contributed by atoms with E-state index in [4.69, 9.17) is 9.15 Å². The van der Waals surface area contributed by atoms with Crippen molar-refractivity contribution in [2.24, 2.45) is 0 Å². The average Bonchev–Trinajstić information content (AvgIpc) is 3.22. The van der Waals surface area contributed by atoms with E-state index in [1.165, 1.54) is 6.42 Å². The lowest BCUT2D eigenvalue weighted by atomic mass is 9.62. The van der Waals surface area contributed by atoms with Crippen LogP contribution in [0.3, 0.4) is 0 Å². The lowest BCUT2D eigenvalue weighted by Gasteiger charge is -2.40. The Kier molecular flexibility index (Phi) is 5.35. The minimum Gasteiger partial charge on any atom is -0.492 e. The molecule has 0 unspecified atom stereocenters. The monoisotopic (exact) mass is 417 g/mol. The van der Waals surface area contributed by atoms with Gasteiger partial charge >= 0.3 is 0 Å². The molecule has 2 aliphatic rings. The van der Waals surface area contributed by atoms with Gasteiger partial charge in [0.25, 0.3) is 0 Å². The standard InChI is InChI=1S/C27H31NO3/c1-3-28(4-2)16-17-30-19-12-13-20-22(18-19)27(14-8-5-9-15-27)26-24(25(20)29)21-10-6-7-11-23(21)31-26/h6-7,10-13,18H,3-5,8-9,14-17H2,1-2H3. The van der Waals surface area contributed by atoms with Gasteiger partial charge in [0.05, 0.1) is 11.0 Å². The second kappa shape index (κ2) is 8.16. The molecule has 31 heavy (non-hydrogen) atoms. The SMILES string of the molecule is CCN(CC)CCOc1ccc2c(c1)C1(CCCCC1)c1oc3ccccc3c1C2=O. The Morgan fingerprint density at radius 3 is 2.58 bits per heavy atom. The Hall–Kier alpha value is -2.59. The van der Waals surface area contributed by atoms with Crippen molar-refractivity contribution in [3.63, 3.8) is 0 Å². The third-order valence-corrected chi connectivity index (χ3v) is 7.29. The summed E-state index contributed by atoms with van der Waals surface area (Å²) in [5.41, 5.74) is 3.28. The van der Waals surface area contributed by atoms with Crippen LogP contribution in [0.15, 0.2) is 46.9 Å². The molecule has 1 saturated carbocycles. The van der Waals surface area contributed by atoms with E-state index in [-0.39, 0.29) is 11.2 Å². The zero-order valence-corrected chi connectivity index (χ0v) is 18.6. The third kappa shape index (κ3) is 3.28. The highest BCUT2D eigenvalue weighted by molar-refractivity contribution is 6.19. The summed E-state index contributed by atoms with van der Waals surface area (Å²) in [7, 11) is 0. The molecule has 4 heteroatoms. The van der Waals surface area contributed by atoms with Crippen molar-refractivity contribution in [2.75, 3.05) is 26.2 Å². The number of rotatable bonds is 6. The molecule has 1 aromatic heterocycles.